The van der Waals surface area contributed by atoms with Gasteiger partial charge in [0.1, 0.15) is 0 Å². The summed E-state index contributed by atoms with van der Waals surface area (Å²) in [7, 11) is 3.25. The second kappa shape index (κ2) is 36.0. The molecule has 0 aromatic heterocycles. The van der Waals surface area contributed by atoms with E-state index < -0.39 is 5.97 Å². The lowest BCUT2D eigenvalue weighted by molar-refractivity contribution is -0.134. The average Bonchev–Trinajstić information content (AvgIpc) is 2.33. The van der Waals surface area contributed by atoms with Crippen LogP contribution in [0.15, 0.2) is 0 Å². The van der Waals surface area contributed by atoms with E-state index in [1.165, 1.54) is 13.8 Å². The SMILES string of the molecule is CC.CC.CC(=O)NCNC(C)=O.CC(=O)O.COC. The third-order valence-electron chi connectivity index (χ3n) is 0.675. The van der Waals surface area contributed by atoms with Gasteiger partial charge in [-0.15, -0.1) is 0 Å². The van der Waals surface area contributed by atoms with E-state index in [1.807, 2.05) is 27.7 Å². The fraction of sp³-hybridized carbons (Fsp3) is 0.769. The number of nitrogens with one attached hydrogen (secondary N) is 2. The smallest absolute Gasteiger partial charge is 0.300 e. The molecule has 20 heavy (non-hydrogen) atoms. The Hall–Kier alpha value is -1.63. The molecule has 0 saturated carbocycles. The van der Waals surface area contributed by atoms with Crippen LogP contribution in [0.1, 0.15) is 48.5 Å². The number of carbonyl (C=O) groups is 3. The predicted molar refractivity (Wildman–Crippen MR) is 81.4 cm³/mol. The zero-order chi connectivity index (χ0) is 17.6. The summed E-state index contributed by atoms with van der Waals surface area (Å²) in [6, 6.07) is 0. The summed E-state index contributed by atoms with van der Waals surface area (Å²) in [6.45, 7) is 12.1. The maximum atomic E-state index is 10.2. The lowest BCUT2D eigenvalue weighted by Gasteiger charge is -2.00. The molecule has 0 rings (SSSR count). The van der Waals surface area contributed by atoms with Crippen molar-refractivity contribution in [3.63, 3.8) is 0 Å². The maximum Gasteiger partial charge on any atom is 0.300 e. The molecule has 0 fully saturated rings. The first kappa shape index (κ1) is 31.0. The molecule has 124 valence electrons. The molecule has 0 aromatic rings. The molecule has 0 radical (unpaired) electrons. The van der Waals surface area contributed by atoms with Crippen LogP contribution in [-0.2, 0) is 19.1 Å². The minimum Gasteiger partial charge on any atom is -0.481 e. The van der Waals surface area contributed by atoms with Crippen LogP contribution in [0.4, 0.5) is 0 Å². The van der Waals surface area contributed by atoms with E-state index in [1.54, 1.807) is 14.2 Å². The first-order chi connectivity index (χ1) is 9.27. The molecule has 3 N–H and O–H groups in total. The van der Waals surface area contributed by atoms with Crippen molar-refractivity contribution in [2.24, 2.45) is 0 Å². The highest BCUT2D eigenvalue weighted by Gasteiger charge is 1.89. The number of methoxy groups -OCH3 is 1. The van der Waals surface area contributed by atoms with Crippen molar-refractivity contribution >= 4 is 17.8 Å². The van der Waals surface area contributed by atoms with Crippen LogP contribution in [0.25, 0.3) is 0 Å². The van der Waals surface area contributed by atoms with Crippen molar-refractivity contribution in [3.05, 3.63) is 0 Å². The molecule has 0 unspecified atom stereocenters. The van der Waals surface area contributed by atoms with Gasteiger partial charge in [0.2, 0.25) is 11.8 Å². The summed E-state index contributed by atoms with van der Waals surface area (Å²) in [6.07, 6.45) is 0. The minimum atomic E-state index is -0.833. The summed E-state index contributed by atoms with van der Waals surface area (Å²) in [5, 5.41) is 12.2. The zero-order valence-electron chi connectivity index (χ0n) is 14.3. The maximum absolute atomic E-state index is 10.2. The van der Waals surface area contributed by atoms with Crippen molar-refractivity contribution in [2.45, 2.75) is 48.5 Å². The Morgan fingerprint density at radius 3 is 1.10 bits per heavy atom. The van der Waals surface area contributed by atoms with Gasteiger partial charge in [-0.1, -0.05) is 27.7 Å². The second-order valence-corrected chi connectivity index (χ2v) is 2.57. The van der Waals surface area contributed by atoms with Crippen LogP contribution >= 0.6 is 0 Å². The van der Waals surface area contributed by atoms with Gasteiger partial charge in [0.05, 0.1) is 6.67 Å². The molecule has 7 nitrogen and oxygen atoms in total. The van der Waals surface area contributed by atoms with Crippen LogP contribution in [0.3, 0.4) is 0 Å². The van der Waals surface area contributed by atoms with Crippen LogP contribution in [-0.4, -0.2) is 43.8 Å². The van der Waals surface area contributed by atoms with E-state index in [4.69, 9.17) is 9.90 Å². The van der Waals surface area contributed by atoms with Crippen molar-refractivity contribution in [1.82, 2.24) is 10.6 Å². The highest BCUT2D eigenvalue weighted by atomic mass is 16.4. The predicted octanol–water partition coefficient (Wildman–Crippen LogP) is 1.62. The number of rotatable bonds is 2. The topological polar surface area (TPSA) is 105 Å². The Morgan fingerprint density at radius 2 is 1.00 bits per heavy atom. The summed E-state index contributed by atoms with van der Waals surface area (Å²) < 4.78 is 4.25. The standard InChI is InChI=1S/C5H10N2O2.C2H4O2.C2H6O.2C2H6/c1-4(8)6-3-7-5(2)9;1-2(3)4;1-3-2;2*1-2/h3H2,1-2H3,(H,6,8)(H,7,9);1H3,(H,3,4);1-2H3;2*1-2H3. The second-order valence-electron chi connectivity index (χ2n) is 2.57. The monoisotopic (exact) mass is 296 g/mol. The van der Waals surface area contributed by atoms with Gasteiger partial charge in [0.15, 0.2) is 0 Å². The van der Waals surface area contributed by atoms with Crippen LogP contribution < -0.4 is 10.6 Å². The van der Waals surface area contributed by atoms with E-state index in [0.29, 0.717) is 0 Å². The Kier molecular flexibility index (Phi) is 55.8. The Bertz CT molecular complexity index is 191. The van der Waals surface area contributed by atoms with Crippen molar-refractivity contribution in [3.8, 4) is 0 Å². The van der Waals surface area contributed by atoms with E-state index in [2.05, 4.69) is 15.4 Å². The number of carboxylic acids is 1. The van der Waals surface area contributed by atoms with Gasteiger partial charge < -0.3 is 20.5 Å². The molecule has 7 heteroatoms. The Morgan fingerprint density at radius 1 is 0.850 bits per heavy atom. The molecule has 0 saturated heterocycles. The lowest BCUT2D eigenvalue weighted by Crippen LogP contribution is -2.34. The van der Waals surface area contributed by atoms with Crippen molar-refractivity contribution in [1.29, 1.82) is 0 Å². The van der Waals surface area contributed by atoms with Gasteiger partial charge in [-0.2, -0.15) is 0 Å². The molecule has 0 atom stereocenters. The highest BCUT2D eigenvalue weighted by molar-refractivity contribution is 5.75. The largest absolute Gasteiger partial charge is 0.481 e. The molecule has 0 bridgehead atoms. The molecular weight excluding hydrogens is 264 g/mol. The van der Waals surface area contributed by atoms with Gasteiger partial charge in [-0.3, -0.25) is 14.4 Å². The van der Waals surface area contributed by atoms with Gasteiger partial charge >= 0.3 is 0 Å². The van der Waals surface area contributed by atoms with E-state index in [0.717, 1.165) is 6.92 Å². The number of carboxylic acid groups (broad SMARTS) is 1. The molecule has 0 aliphatic rings. The molecule has 0 spiro atoms. The summed E-state index contributed by atoms with van der Waals surface area (Å²) in [5.41, 5.74) is 0. The first-order valence-electron chi connectivity index (χ1n) is 6.36. The third kappa shape index (κ3) is 203. The number of aliphatic carboxylic acids is 1. The fourth-order valence-corrected chi connectivity index (χ4v) is 0.293. The molecule has 2 amide bonds. The number of ether oxygens (including phenoxy) is 1. The Balaban J connectivity index is -0.0000000572. The fourth-order valence-electron chi connectivity index (χ4n) is 0.293. The number of amides is 2. The van der Waals surface area contributed by atoms with Crippen molar-refractivity contribution < 1.29 is 24.2 Å². The van der Waals surface area contributed by atoms with E-state index in [9.17, 15) is 9.59 Å². The van der Waals surface area contributed by atoms with Gasteiger partial charge in [-0.05, 0) is 0 Å². The summed E-state index contributed by atoms with van der Waals surface area (Å²) >= 11 is 0. The van der Waals surface area contributed by atoms with Gasteiger partial charge in [0.25, 0.3) is 5.97 Å². The first-order valence-corrected chi connectivity index (χ1v) is 6.36. The minimum absolute atomic E-state index is 0.149. The molecule has 0 aliphatic heterocycles. The molecule has 0 aliphatic carbocycles. The van der Waals surface area contributed by atoms with Gasteiger partial charge in [-0.25, -0.2) is 0 Å². The highest BCUT2D eigenvalue weighted by Crippen LogP contribution is 1.58. The van der Waals surface area contributed by atoms with Crippen molar-refractivity contribution in [2.75, 3.05) is 20.9 Å². The van der Waals surface area contributed by atoms with Gasteiger partial charge in [0, 0.05) is 35.0 Å². The molecule has 0 aromatic carbocycles. The average molecular weight is 296 g/mol. The van der Waals surface area contributed by atoms with Crippen LogP contribution in [0.5, 0.6) is 0 Å². The third-order valence-corrected chi connectivity index (χ3v) is 0.675. The summed E-state index contributed by atoms with van der Waals surface area (Å²) in [4.78, 5) is 29.3. The van der Waals surface area contributed by atoms with Crippen LogP contribution in [0.2, 0.25) is 0 Å². The van der Waals surface area contributed by atoms with Crippen LogP contribution in [0, 0.1) is 0 Å². The molecular formula is C13H32N2O5. The number of carbonyl (C=O) groups excluding carboxylic acids is 2. The van der Waals surface area contributed by atoms with E-state index >= 15 is 0 Å². The Labute approximate surface area is 123 Å². The van der Waals surface area contributed by atoms with E-state index in [-0.39, 0.29) is 18.5 Å². The normalized spacial score (nSPS) is 6.45. The number of hydrogen-bond acceptors (Lipinski definition) is 4. The summed E-state index contributed by atoms with van der Waals surface area (Å²) in [5.74, 6) is -1.13. The molecule has 0 heterocycles. The number of hydrogen-bond donors (Lipinski definition) is 3. The lowest BCUT2D eigenvalue weighted by atomic mass is 10.7. The zero-order valence-corrected chi connectivity index (χ0v) is 14.3. The quantitative estimate of drug-likeness (QED) is 0.672.